The maximum absolute atomic E-state index is 13.0. The summed E-state index contributed by atoms with van der Waals surface area (Å²) in [7, 11) is 4.61. The predicted molar refractivity (Wildman–Crippen MR) is 101 cm³/mol. The molecule has 0 N–H and O–H groups in total. The predicted octanol–water partition coefficient (Wildman–Crippen LogP) is 1.77. The summed E-state index contributed by atoms with van der Waals surface area (Å²) in [6, 6.07) is 5.32. The number of hydrogen-bond acceptors (Lipinski definition) is 7. The molecule has 8 nitrogen and oxygen atoms in total. The minimum absolute atomic E-state index is 0.0622. The lowest BCUT2D eigenvalue weighted by molar-refractivity contribution is 0.0745. The van der Waals surface area contributed by atoms with Crippen LogP contribution in [0, 0.1) is 6.92 Å². The summed E-state index contributed by atoms with van der Waals surface area (Å²) in [4.78, 5) is 25.4. The number of ether oxygens (including phenoxy) is 3. The van der Waals surface area contributed by atoms with Crippen LogP contribution in [0.4, 0.5) is 5.82 Å². The fourth-order valence-electron chi connectivity index (χ4n) is 3.14. The van der Waals surface area contributed by atoms with Crippen molar-refractivity contribution in [3.8, 4) is 17.2 Å². The van der Waals surface area contributed by atoms with E-state index in [-0.39, 0.29) is 5.91 Å². The number of carbonyl (C=O) groups excluding carboxylic acids is 1. The number of carbonyl (C=O) groups is 1. The third-order valence-corrected chi connectivity index (χ3v) is 4.59. The number of methoxy groups -OCH3 is 3. The molecule has 0 spiro atoms. The van der Waals surface area contributed by atoms with Crippen molar-refractivity contribution in [3.63, 3.8) is 0 Å². The highest BCUT2D eigenvalue weighted by atomic mass is 16.5. The molecule has 0 saturated carbocycles. The van der Waals surface area contributed by atoms with Gasteiger partial charge in [-0.3, -0.25) is 4.79 Å². The summed E-state index contributed by atoms with van der Waals surface area (Å²) in [5, 5.41) is 0. The van der Waals surface area contributed by atoms with Gasteiger partial charge in [0.2, 0.25) is 5.75 Å². The van der Waals surface area contributed by atoms with Crippen LogP contribution in [0.25, 0.3) is 0 Å². The van der Waals surface area contributed by atoms with Crippen LogP contribution in [0.1, 0.15) is 16.1 Å². The van der Waals surface area contributed by atoms with Gasteiger partial charge in [-0.1, -0.05) is 0 Å². The van der Waals surface area contributed by atoms with Crippen molar-refractivity contribution < 1.29 is 19.0 Å². The molecule has 1 aliphatic rings. The molecule has 0 atom stereocenters. The maximum atomic E-state index is 13.0. The zero-order valence-electron chi connectivity index (χ0n) is 16.1. The second kappa shape index (κ2) is 8.11. The molecule has 1 aromatic carbocycles. The molecule has 1 fully saturated rings. The molecule has 2 heterocycles. The van der Waals surface area contributed by atoms with Crippen LogP contribution in [-0.4, -0.2) is 68.3 Å². The highest BCUT2D eigenvalue weighted by Gasteiger charge is 2.25. The monoisotopic (exact) mass is 372 g/mol. The maximum Gasteiger partial charge on any atom is 0.254 e. The van der Waals surface area contributed by atoms with Crippen molar-refractivity contribution in [2.75, 3.05) is 52.4 Å². The zero-order valence-corrected chi connectivity index (χ0v) is 16.1. The number of aryl methyl sites for hydroxylation is 1. The van der Waals surface area contributed by atoms with Crippen LogP contribution in [0.15, 0.2) is 24.5 Å². The Morgan fingerprint density at radius 3 is 2.07 bits per heavy atom. The highest BCUT2D eigenvalue weighted by molar-refractivity contribution is 5.95. The van der Waals surface area contributed by atoms with Crippen LogP contribution in [0.3, 0.4) is 0 Å². The Morgan fingerprint density at radius 2 is 1.56 bits per heavy atom. The zero-order chi connectivity index (χ0) is 19.4. The molecule has 0 bridgehead atoms. The molecule has 1 aromatic heterocycles. The lowest BCUT2D eigenvalue weighted by Gasteiger charge is -2.35. The van der Waals surface area contributed by atoms with Crippen molar-refractivity contribution in [2.24, 2.45) is 0 Å². The Kier molecular flexibility index (Phi) is 5.63. The molecule has 0 unspecified atom stereocenters. The molecule has 1 amide bonds. The van der Waals surface area contributed by atoms with Gasteiger partial charge >= 0.3 is 0 Å². The van der Waals surface area contributed by atoms with E-state index in [2.05, 4.69) is 14.9 Å². The van der Waals surface area contributed by atoms with E-state index < -0.39 is 0 Å². The van der Waals surface area contributed by atoms with Gasteiger partial charge in [0, 0.05) is 43.5 Å². The molecular formula is C19H24N4O4. The van der Waals surface area contributed by atoms with E-state index in [4.69, 9.17) is 14.2 Å². The molecule has 1 saturated heterocycles. The van der Waals surface area contributed by atoms with Gasteiger partial charge in [0.25, 0.3) is 5.91 Å². The molecule has 0 aliphatic carbocycles. The number of benzene rings is 1. The van der Waals surface area contributed by atoms with Crippen LogP contribution in [0.2, 0.25) is 0 Å². The summed E-state index contributed by atoms with van der Waals surface area (Å²) in [6.45, 7) is 4.59. The van der Waals surface area contributed by atoms with Gasteiger partial charge in [-0.15, -0.1) is 0 Å². The Labute approximate surface area is 158 Å². The average molecular weight is 372 g/mol. The third kappa shape index (κ3) is 3.89. The lowest BCUT2D eigenvalue weighted by Crippen LogP contribution is -2.49. The van der Waals surface area contributed by atoms with Gasteiger partial charge in [0.1, 0.15) is 12.1 Å². The summed E-state index contributed by atoms with van der Waals surface area (Å²) >= 11 is 0. The molecule has 1 aliphatic heterocycles. The van der Waals surface area contributed by atoms with Gasteiger partial charge in [0.15, 0.2) is 11.5 Å². The second-order valence-electron chi connectivity index (χ2n) is 6.21. The number of anilines is 1. The Balaban J connectivity index is 1.74. The first kappa shape index (κ1) is 18.8. The number of rotatable bonds is 5. The first-order valence-electron chi connectivity index (χ1n) is 8.70. The lowest BCUT2D eigenvalue weighted by atomic mass is 10.1. The minimum Gasteiger partial charge on any atom is -0.493 e. The van der Waals surface area contributed by atoms with Crippen molar-refractivity contribution in [2.45, 2.75) is 6.92 Å². The molecule has 27 heavy (non-hydrogen) atoms. The Hall–Kier alpha value is -3.03. The van der Waals surface area contributed by atoms with Crippen molar-refractivity contribution in [1.82, 2.24) is 14.9 Å². The van der Waals surface area contributed by atoms with Crippen molar-refractivity contribution >= 4 is 11.7 Å². The SMILES string of the molecule is COc1cc(C(=O)N2CCN(c3cc(C)ncn3)CC2)cc(OC)c1OC. The fraction of sp³-hybridized carbons (Fsp3) is 0.421. The molecular weight excluding hydrogens is 348 g/mol. The highest BCUT2D eigenvalue weighted by Crippen LogP contribution is 2.38. The third-order valence-electron chi connectivity index (χ3n) is 4.59. The second-order valence-corrected chi connectivity index (χ2v) is 6.21. The van der Waals surface area contributed by atoms with Crippen LogP contribution in [0.5, 0.6) is 17.2 Å². The number of amides is 1. The van der Waals surface area contributed by atoms with Crippen LogP contribution < -0.4 is 19.1 Å². The van der Waals surface area contributed by atoms with Crippen LogP contribution in [-0.2, 0) is 0 Å². The first-order chi connectivity index (χ1) is 13.1. The van der Waals surface area contributed by atoms with E-state index in [1.807, 2.05) is 17.9 Å². The largest absolute Gasteiger partial charge is 0.493 e. The number of nitrogens with zero attached hydrogens (tertiary/aromatic N) is 4. The Bertz CT molecular complexity index is 794. The van der Waals surface area contributed by atoms with E-state index in [1.54, 1.807) is 18.5 Å². The minimum atomic E-state index is -0.0622. The van der Waals surface area contributed by atoms with E-state index in [0.29, 0.717) is 49.0 Å². The number of hydrogen-bond donors (Lipinski definition) is 0. The van der Waals surface area contributed by atoms with E-state index >= 15 is 0 Å². The van der Waals surface area contributed by atoms with Crippen molar-refractivity contribution in [3.05, 3.63) is 35.8 Å². The topological polar surface area (TPSA) is 77.0 Å². The van der Waals surface area contributed by atoms with Crippen LogP contribution >= 0.6 is 0 Å². The van der Waals surface area contributed by atoms with Gasteiger partial charge in [-0.05, 0) is 19.1 Å². The number of aromatic nitrogens is 2. The normalized spacial score (nSPS) is 14.1. The smallest absolute Gasteiger partial charge is 0.254 e. The van der Waals surface area contributed by atoms with E-state index in [1.165, 1.54) is 21.3 Å². The summed E-state index contributed by atoms with van der Waals surface area (Å²) in [6.07, 6.45) is 1.57. The quantitative estimate of drug-likeness (QED) is 0.792. The first-order valence-corrected chi connectivity index (χ1v) is 8.70. The molecule has 2 aromatic rings. The summed E-state index contributed by atoms with van der Waals surface area (Å²) in [5.41, 5.74) is 1.44. The van der Waals surface area contributed by atoms with Gasteiger partial charge < -0.3 is 24.0 Å². The van der Waals surface area contributed by atoms with E-state index in [9.17, 15) is 4.79 Å². The Morgan fingerprint density at radius 1 is 0.926 bits per heavy atom. The van der Waals surface area contributed by atoms with E-state index in [0.717, 1.165) is 11.5 Å². The summed E-state index contributed by atoms with van der Waals surface area (Å²) in [5.74, 6) is 2.24. The molecule has 144 valence electrons. The van der Waals surface area contributed by atoms with Crippen molar-refractivity contribution in [1.29, 1.82) is 0 Å². The van der Waals surface area contributed by atoms with Gasteiger partial charge in [-0.25, -0.2) is 9.97 Å². The molecule has 0 radical (unpaired) electrons. The van der Waals surface area contributed by atoms with Gasteiger partial charge in [-0.2, -0.15) is 0 Å². The fourth-order valence-corrected chi connectivity index (χ4v) is 3.14. The molecule has 8 heteroatoms. The van der Waals surface area contributed by atoms with Gasteiger partial charge in [0.05, 0.1) is 21.3 Å². The summed E-state index contributed by atoms with van der Waals surface area (Å²) < 4.78 is 16.0. The molecule has 3 rings (SSSR count). The number of piperazine rings is 1. The standard InChI is InChI=1S/C19H24N4O4/c1-13-9-17(21-12-20-13)22-5-7-23(8-6-22)19(24)14-10-15(25-2)18(27-4)16(11-14)26-3/h9-12H,5-8H2,1-4H3. The average Bonchev–Trinajstić information content (AvgIpc) is 2.72.